The van der Waals surface area contributed by atoms with Gasteiger partial charge in [-0.2, -0.15) is 0 Å². The van der Waals surface area contributed by atoms with Gasteiger partial charge in [-0.15, -0.1) is 0 Å². The average molecular weight is 288 g/mol. The van der Waals surface area contributed by atoms with Gasteiger partial charge in [-0.25, -0.2) is 0 Å². The Balaban J connectivity index is 1.95. The van der Waals surface area contributed by atoms with Crippen LogP contribution in [0.15, 0.2) is 18.2 Å². The Bertz CT molecular complexity index is 451. The summed E-state index contributed by atoms with van der Waals surface area (Å²) in [5, 5.41) is 10.4. The van der Waals surface area contributed by atoms with Gasteiger partial charge in [0.25, 0.3) is 0 Å². The van der Waals surface area contributed by atoms with Crippen LogP contribution in [-0.4, -0.2) is 35.6 Å². The van der Waals surface area contributed by atoms with Crippen molar-refractivity contribution in [1.82, 2.24) is 4.90 Å². The predicted molar refractivity (Wildman–Crippen MR) is 71.9 cm³/mol. The zero-order valence-electron chi connectivity index (χ0n) is 9.90. The van der Waals surface area contributed by atoms with Crippen molar-refractivity contribution in [2.45, 2.75) is 12.8 Å². The smallest absolute Gasteiger partial charge is 0.223 e. The molecular weight excluding hydrogens is 273 g/mol. The zero-order chi connectivity index (χ0) is 13.1. The minimum Gasteiger partial charge on any atom is -0.396 e. The second kappa shape index (κ2) is 5.91. The average Bonchev–Trinajstić information content (AvgIpc) is 2.71. The van der Waals surface area contributed by atoms with Gasteiger partial charge in [-0.05, 0) is 30.2 Å². The summed E-state index contributed by atoms with van der Waals surface area (Å²) in [5.74, 6) is 0.180. The molecule has 1 aliphatic rings. The van der Waals surface area contributed by atoms with Crippen LogP contribution in [-0.2, 0) is 11.2 Å². The van der Waals surface area contributed by atoms with Gasteiger partial charge >= 0.3 is 0 Å². The molecule has 1 unspecified atom stereocenters. The molecule has 2 rings (SSSR count). The normalized spacial score (nSPS) is 19.6. The van der Waals surface area contributed by atoms with Gasteiger partial charge in [0, 0.05) is 42.1 Å². The fourth-order valence-electron chi connectivity index (χ4n) is 2.18. The first-order chi connectivity index (χ1) is 8.60. The molecule has 1 aromatic carbocycles. The molecule has 1 aromatic rings. The summed E-state index contributed by atoms with van der Waals surface area (Å²) in [4.78, 5) is 13.4. The number of carbonyl (C=O) groups is 1. The van der Waals surface area contributed by atoms with E-state index in [1.165, 1.54) is 0 Å². The maximum atomic E-state index is 11.7. The van der Waals surface area contributed by atoms with Crippen LogP contribution in [0, 0.1) is 5.92 Å². The molecule has 0 bridgehead atoms. The van der Waals surface area contributed by atoms with Gasteiger partial charge in [0.05, 0.1) is 0 Å². The minimum absolute atomic E-state index is 0.0696. The topological polar surface area (TPSA) is 40.5 Å². The lowest BCUT2D eigenvalue weighted by molar-refractivity contribution is -0.127. The van der Waals surface area contributed by atoms with Crippen molar-refractivity contribution in [2.75, 3.05) is 19.7 Å². The van der Waals surface area contributed by atoms with E-state index in [1.807, 2.05) is 6.07 Å². The van der Waals surface area contributed by atoms with Crippen LogP contribution >= 0.6 is 23.2 Å². The van der Waals surface area contributed by atoms with Crippen molar-refractivity contribution in [3.05, 3.63) is 33.8 Å². The van der Waals surface area contributed by atoms with Gasteiger partial charge in [0.1, 0.15) is 0 Å². The van der Waals surface area contributed by atoms with Gasteiger partial charge < -0.3 is 10.0 Å². The van der Waals surface area contributed by atoms with Crippen molar-refractivity contribution in [3.8, 4) is 0 Å². The van der Waals surface area contributed by atoms with E-state index in [4.69, 9.17) is 28.3 Å². The van der Waals surface area contributed by atoms with Gasteiger partial charge in [0.2, 0.25) is 5.91 Å². The fraction of sp³-hybridized carbons (Fsp3) is 0.462. The van der Waals surface area contributed by atoms with E-state index >= 15 is 0 Å². The number of carbonyl (C=O) groups excluding carboxylic acids is 1. The molecule has 0 saturated carbocycles. The highest BCUT2D eigenvalue weighted by Gasteiger charge is 2.28. The predicted octanol–water partition coefficient (Wildman–Crippen LogP) is 2.38. The highest BCUT2D eigenvalue weighted by molar-refractivity contribution is 6.33. The van der Waals surface area contributed by atoms with Crippen LogP contribution in [0.2, 0.25) is 10.0 Å². The lowest BCUT2D eigenvalue weighted by atomic mass is 10.1. The molecule has 3 nitrogen and oxygen atoms in total. The maximum Gasteiger partial charge on any atom is 0.223 e. The summed E-state index contributed by atoms with van der Waals surface area (Å²) in [6.07, 6.45) is 1.13. The molecule has 1 saturated heterocycles. The van der Waals surface area contributed by atoms with Crippen LogP contribution in [0.5, 0.6) is 0 Å². The molecule has 0 spiro atoms. The van der Waals surface area contributed by atoms with Gasteiger partial charge in [-0.3, -0.25) is 4.79 Å². The number of likely N-dealkylation sites (tertiary alicyclic amines) is 1. The molecule has 1 aliphatic heterocycles. The van der Waals surface area contributed by atoms with Crippen LogP contribution < -0.4 is 0 Å². The fourth-order valence-corrected chi connectivity index (χ4v) is 2.59. The van der Waals surface area contributed by atoms with E-state index in [1.54, 1.807) is 17.0 Å². The van der Waals surface area contributed by atoms with Crippen LogP contribution in [0.4, 0.5) is 0 Å². The SMILES string of the molecule is O=C1CC(CO)CN1CCc1cc(Cl)ccc1Cl. The monoisotopic (exact) mass is 287 g/mol. The second-order valence-electron chi connectivity index (χ2n) is 4.58. The lowest BCUT2D eigenvalue weighted by Crippen LogP contribution is -2.27. The van der Waals surface area contributed by atoms with E-state index in [0.29, 0.717) is 36.0 Å². The molecule has 0 aromatic heterocycles. The first kappa shape index (κ1) is 13.7. The van der Waals surface area contributed by atoms with Crippen molar-refractivity contribution in [3.63, 3.8) is 0 Å². The number of amides is 1. The Morgan fingerprint density at radius 1 is 1.39 bits per heavy atom. The summed E-state index contributed by atoms with van der Waals surface area (Å²) >= 11 is 12.0. The molecule has 1 atom stereocenters. The molecule has 0 aliphatic carbocycles. The summed E-state index contributed by atoms with van der Waals surface area (Å²) in [5.41, 5.74) is 0.949. The zero-order valence-corrected chi connectivity index (χ0v) is 11.4. The molecule has 0 radical (unpaired) electrons. The quantitative estimate of drug-likeness (QED) is 0.924. The van der Waals surface area contributed by atoms with Crippen molar-refractivity contribution < 1.29 is 9.90 Å². The van der Waals surface area contributed by atoms with E-state index in [-0.39, 0.29) is 18.4 Å². The van der Waals surface area contributed by atoms with Crippen molar-refractivity contribution in [1.29, 1.82) is 0 Å². The minimum atomic E-state index is 0.0696. The number of benzene rings is 1. The van der Waals surface area contributed by atoms with Crippen LogP contribution in [0.3, 0.4) is 0 Å². The third-order valence-corrected chi connectivity index (χ3v) is 3.82. The number of rotatable bonds is 4. The van der Waals surface area contributed by atoms with Crippen molar-refractivity contribution >= 4 is 29.1 Å². The molecule has 98 valence electrons. The Kier molecular flexibility index (Phi) is 4.49. The number of nitrogens with zero attached hydrogens (tertiary/aromatic N) is 1. The summed E-state index contributed by atoms with van der Waals surface area (Å²) in [6, 6.07) is 5.34. The highest BCUT2D eigenvalue weighted by Crippen LogP contribution is 2.23. The number of hydrogen-bond acceptors (Lipinski definition) is 2. The standard InChI is InChI=1S/C13H15Cl2NO2/c14-11-1-2-12(15)10(6-11)3-4-16-7-9(8-17)5-13(16)18/h1-2,6,9,17H,3-5,7-8H2. The molecule has 5 heteroatoms. The number of halogens is 2. The Morgan fingerprint density at radius 2 is 2.17 bits per heavy atom. The molecule has 1 heterocycles. The van der Waals surface area contributed by atoms with E-state index in [2.05, 4.69) is 0 Å². The van der Waals surface area contributed by atoms with Gasteiger partial charge in [0.15, 0.2) is 0 Å². The van der Waals surface area contributed by atoms with E-state index in [9.17, 15) is 4.79 Å². The third kappa shape index (κ3) is 3.16. The lowest BCUT2D eigenvalue weighted by Gasteiger charge is -2.16. The summed E-state index contributed by atoms with van der Waals surface area (Å²) in [6.45, 7) is 1.32. The molecule has 18 heavy (non-hydrogen) atoms. The Hall–Kier alpha value is -0.770. The molecule has 1 amide bonds. The third-order valence-electron chi connectivity index (χ3n) is 3.21. The first-order valence-corrected chi connectivity index (χ1v) is 6.68. The summed E-state index contributed by atoms with van der Waals surface area (Å²) < 4.78 is 0. The molecule has 1 N–H and O–H groups in total. The van der Waals surface area contributed by atoms with Crippen LogP contribution in [0.1, 0.15) is 12.0 Å². The van der Waals surface area contributed by atoms with Gasteiger partial charge in [-0.1, -0.05) is 23.2 Å². The van der Waals surface area contributed by atoms with Crippen molar-refractivity contribution in [2.24, 2.45) is 5.92 Å². The Labute approximate surface area is 116 Å². The van der Waals surface area contributed by atoms with Crippen LogP contribution in [0.25, 0.3) is 0 Å². The number of hydrogen-bond donors (Lipinski definition) is 1. The second-order valence-corrected chi connectivity index (χ2v) is 5.42. The Morgan fingerprint density at radius 3 is 2.83 bits per heavy atom. The first-order valence-electron chi connectivity index (χ1n) is 5.92. The summed E-state index contributed by atoms with van der Waals surface area (Å²) in [7, 11) is 0. The van der Waals surface area contributed by atoms with E-state index < -0.39 is 0 Å². The highest BCUT2D eigenvalue weighted by atomic mass is 35.5. The number of aliphatic hydroxyl groups excluding tert-OH is 1. The van der Waals surface area contributed by atoms with E-state index in [0.717, 1.165) is 5.56 Å². The largest absolute Gasteiger partial charge is 0.396 e. The number of aliphatic hydroxyl groups is 1. The molecule has 1 fully saturated rings. The molecular formula is C13H15Cl2NO2. The maximum absolute atomic E-state index is 11.7.